The average molecular weight is 306 g/mol. The maximum Gasteiger partial charge on any atom is 0.160 e. The van der Waals surface area contributed by atoms with Crippen molar-refractivity contribution in [1.82, 2.24) is 14.5 Å². The number of aromatic nitrogens is 3. The van der Waals surface area contributed by atoms with Crippen LogP contribution in [-0.2, 0) is 0 Å². The molecule has 2 heterocycles. The number of fused-ring (bicyclic) bond motifs is 1. The minimum atomic E-state index is -0.0887. The molecular formula is C17H24ClN3. The molecule has 0 spiro atoms. The predicted octanol–water partition coefficient (Wildman–Crippen LogP) is 5.04. The van der Waals surface area contributed by atoms with Crippen molar-refractivity contribution in [3.63, 3.8) is 0 Å². The van der Waals surface area contributed by atoms with Crippen molar-refractivity contribution < 1.29 is 0 Å². The molecule has 0 saturated heterocycles. The minimum Gasteiger partial charge on any atom is -0.308 e. The van der Waals surface area contributed by atoms with Gasteiger partial charge in [-0.1, -0.05) is 13.8 Å². The number of aryl methyl sites for hydroxylation is 1. The predicted molar refractivity (Wildman–Crippen MR) is 87.7 cm³/mol. The first kappa shape index (κ1) is 14.8. The van der Waals surface area contributed by atoms with Crippen LogP contribution in [0, 0.1) is 18.8 Å². The smallest absolute Gasteiger partial charge is 0.160 e. The maximum absolute atomic E-state index is 6.39. The summed E-state index contributed by atoms with van der Waals surface area (Å²) < 4.78 is 2.32. The van der Waals surface area contributed by atoms with Gasteiger partial charge in [-0.3, -0.25) is 0 Å². The molecule has 1 fully saturated rings. The molecule has 0 aliphatic heterocycles. The number of pyridine rings is 1. The monoisotopic (exact) mass is 305 g/mol. The molecule has 0 amide bonds. The molecule has 3 rings (SSSR count). The first-order chi connectivity index (χ1) is 9.97. The topological polar surface area (TPSA) is 30.7 Å². The summed E-state index contributed by atoms with van der Waals surface area (Å²) in [6.07, 6.45) is 3.66. The van der Waals surface area contributed by atoms with Crippen molar-refractivity contribution >= 4 is 22.8 Å². The highest BCUT2D eigenvalue weighted by Crippen LogP contribution is 2.39. The molecule has 2 aromatic heterocycles. The maximum atomic E-state index is 6.39. The lowest BCUT2D eigenvalue weighted by molar-refractivity contribution is 0.210. The Morgan fingerprint density at radius 2 is 1.95 bits per heavy atom. The SMILES string of the molecule is Cc1ccc2nc(C(C)Cl)n(C3CCC(C)C(C)C3)c2n1. The van der Waals surface area contributed by atoms with E-state index in [-0.39, 0.29) is 5.38 Å². The van der Waals surface area contributed by atoms with Gasteiger partial charge in [0.1, 0.15) is 11.3 Å². The zero-order chi connectivity index (χ0) is 15.1. The summed E-state index contributed by atoms with van der Waals surface area (Å²) in [5.41, 5.74) is 3.01. The highest BCUT2D eigenvalue weighted by molar-refractivity contribution is 6.20. The largest absolute Gasteiger partial charge is 0.308 e. The van der Waals surface area contributed by atoms with Gasteiger partial charge >= 0.3 is 0 Å². The number of nitrogens with zero attached hydrogens (tertiary/aromatic N) is 3. The average Bonchev–Trinajstić information content (AvgIpc) is 2.80. The molecule has 1 aliphatic carbocycles. The van der Waals surface area contributed by atoms with Gasteiger partial charge in [-0.15, -0.1) is 11.6 Å². The summed E-state index contributed by atoms with van der Waals surface area (Å²) >= 11 is 6.39. The van der Waals surface area contributed by atoms with Crippen LogP contribution >= 0.6 is 11.6 Å². The van der Waals surface area contributed by atoms with Crippen molar-refractivity contribution in [3.05, 3.63) is 23.7 Å². The first-order valence-corrected chi connectivity index (χ1v) is 8.40. The molecule has 0 N–H and O–H groups in total. The molecule has 3 nitrogen and oxygen atoms in total. The minimum absolute atomic E-state index is 0.0887. The van der Waals surface area contributed by atoms with Crippen molar-refractivity contribution in [2.45, 2.75) is 58.4 Å². The highest BCUT2D eigenvalue weighted by atomic mass is 35.5. The van der Waals surface area contributed by atoms with Crippen LogP contribution in [-0.4, -0.2) is 14.5 Å². The highest BCUT2D eigenvalue weighted by Gasteiger charge is 2.29. The third kappa shape index (κ3) is 2.68. The van der Waals surface area contributed by atoms with Gasteiger partial charge in [0.2, 0.25) is 0 Å². The Bertz CT molecular complexity index is 647. The summed E-state index contributed by atoms with van der Waals surface area (Å²) in [6, 6.07) is 4.56. The number of hydrogen-bond donors (Lipinski definition) is 0. The van der Waals surface area contributed by atoms with E-state index in [0.717, 1.165) is 34.5 Å². The Kier molecular flexibility index (Phi) is 3.96. The van der Waals surface area contributed by atoms with E-state index in [1.807, 2.05) is 19.9 Å². The number of rotatable bonds is 2. The third-order valence-electron chi connectivity index (χ3n) is 5.00. The number of hydrogen-bond acceptors (Lipinski definition) is 2. The standard InChI is InChI=1S/C17H24ClN3/c1-10-5-7-14(9-11(10)2)21-16(13(4)18)20-15-8-6-12(3)19-17(15)21/h6,8,10-11,13-14H,5,7,9H2,1-4H3. The van der Waals surface area contributed by atoms with Gasteiger partial charge in [0, 0.05) is 11.7 Å². The zero-order valence-corrected chi connectivity index (χ0v) is 14.1. The quantitative estimate of drug-likeness (QED) is 0.728. The van der Waals surface area contributed by atoms with Crippen LogP contribution in [0.2, 0.25) is 0 Å². The van der Waals surface area contributed by atoms with E-state index in [2.05, 4.69) is 24.5 Å². The van der Waals surface area contributed by atoms with Gasteiger partial charge in [0.25, 0.3) is 0 Å². The van der Waals surface area contributed by atoms with Gasteiger partial charge in [0.15, 0.2) is 5.65 Å². The fraction of sp³-hybridized carbons (Fsp3) is 0.647. The molecular weight excluding hydrogens is 282 g/mol. The normalized spacial score (nSPS) is 28.0. The molecule has 4 atom stereocenters. The van der Waals surface area contributed by atoms with E-state index in [0.29, 0.717) is 6.04 Å². The van der Waals surface area contributed by atoms with Crippen molar-refractivity contribution in [2.75, 3.05) is 0 Å². The van der Waals surface area contributed by atoms with Gasteiger partial charge in [-0.05, 0) is 57.1 Å². The van der Waals surface area contributed by atoms with Crippen LogP contribution in [0.15, 0.2) is 12.1 Å². The van der Waals surface area contributed by atoms with Crippen LogP contribution in [0.3, 0.4) is 0 Å². The second-order valence-corrected chi connectivity index (χ2v) is 7.33. The summed E-state index contributed by atoms with van der Waals surface area (Å²) in [7, 11) is 0. The molecule has 4 unspecified atom stereocenters. The molecule has 1 aliphatic rings. The Labute approximate surface area is 131 Å². The summed E-state index contributed by atoms with van der Waals surface area (Å²) in [6.45, 7) is 8.76. The van der Waals surface area contributed by atoms with Crippen LogP contribution in [0.25, 0.3) is 11.2 Å². The second-order valence-electron chi connectivity index (χ2n) is 6.67. The Balaban J connectivity index is 2.10. The van der Waals surface area contributed by atoms with Gasteiger partial charge in [-0.2, -0.15) is 0 Å². The van der Waals surface area contributed by atoms with Gasteiger partial charge in [0.05, 0.1) is 5.38 Å². The van der Waals surface area contributed by atoms with Crippen LogP contribution < -0.4 is 0 Å². The summed E-state index contributed by atoms with van der Waals surface area (Å²) in [5.74, 6) is 2.52. The van der Waals surface area contributed by atoms with E-state index in [4.69, 9.17) is 21.6 Å². The third-order valence-corrected chi connectivity index (χ3v) is 5.19. The zero-order valence-electron chi connectivity index (χ0n) is 13.3. The summed E-state index contributed by atoms with van der Waals surface area (Å²) in [5, 5.41) is -0.0887. The molecule has 0 aromatic carbocycles. The van der Waals surface area contributed by atoms with Crippen LogP contribution in [0.5, 0.6) is 0 Å². The molecule has 2 aromatic rings. The Morgan fingerprint density at radius 3 is 2.62 bits per heavy atom. The molecule has 0 radical (unpaired) electrons. The van der Waals surface area contributed by atoms with Crippen molar-refractivity contribution in [1.29, 1.82) is 0 Å². The van der Waals surface area contributed by atoms with E-state index < -0.39 is 0 Å². The fourth-order valence-electron chi connectivity index (χ4n) is 3.48. The van der Waals surface area contributed by atoms with Gasteiger partial charge in [-0.25, -0.2) is 9.97 Å². The lowest BCUT2D eigenvalue weighted by Gasteiger charge is -2.34. The van der Waals surface area contributed by atoms with Gasteiger partial charge < -0.3 is 4.57 Å². The summed E-state index contributed by atoms with van der Waals surface area (Å²) in [4.78, 5) is 9.48. The Hall–Kier alpha value is -1.09. The van der Waals surface area contributed by atoms with Crippen molar-refractivity contribution in [2.24, 2.45) is 11.8 Å². The first-order valence-electron chi connectivity index (χ1n) is 7.97. The Morgan fingerprint density at radius 1 is 1.19 bits per heavy atom. The molecule has 1 saturated carbocycles. The lowest BCUT2D eigenvalue weighted by Crippen LogP contribution is -2.24. The molecule has 4 heteroatoms. The number of imidazole rings is 1. The molecule has 0 bridgehead atoms. The fourth-order valence-corrected chi connectivity index (χ4v) is 3.63. The van der Waals surface area contributed by atoms with Crippen LogP contribution in [0.1, 0.15) is 63.0 Å². The number of halogens is 1. The lowest BCUT2D eigenvalue weighted by atomic mass is 9.79. The van der Waals surface area contributed by atoms with E-state index in [9.17, 15) is 0 Å². The second kappa shape index (κ2) is 5.60. The van der Waals surface area contributed by atoms with E-state index in [1.165, 1.54) is 19.3 Å². The van der Waals surface area contributed by atoms with E-state index in [1.54, 1.807) is 0 Å². The molecule has 114 valence electrons. The van der Waals surface area contributed by atoms with Crippen LogP contribution in [0.4, 0.5) is 0 Å². The number of alkyl halides is 1. The van der Waals surface area contributed by atoms with Crippen molar-refractivity contribution in [3.8, 4) is 0 Å². The molecule has 21 heavy (non-hydrogen) atoms. The van der Waals surface area contributed by atoms with E-state index >= 15 is 0 Å².